The monoisotopic (exact) mass is 351 g/mol. The Morgan fingerprint density at radius 2 is 1.56 bits per heavy atom. The molecule has 0 heterocycles. The van der Waals surface area contributed by atoms with Crippen LogP contribution < -0.4 is 10.1 Å². The highest BCUT2D eigenvalue weighted by Gasteiger charge is 1.99. The fourth-order valence-electron chi connectivity index (χ4n) is 2.56. The fraction of sp³-hybridized carbons (Fsp3) is 0.182. The summed E-state index contributed by atoms with van der Waals surface area (Å²) in [5, 5.41) is 4.17. The average molecular weight is 352 g/mol. The largest absolute Gasteiger partial charge is 0.489 e. The molecule has 0 atom stereocenters. The van der Waals surface area contributed by atoms with E-state index in [0.29, 0.717) is 6.61 Å². The molecule has 3 aromatic carbocycles. The van der Waals surface area contributed by atoms with Gasteiger partial charge in [0.25, 0.3) is 0 Å². The summed E-state index contributed by atoms with van der Waals surface area (Å²) in [6, 6.07) is 24.5. The number of hydrogen-bond acceptors (Lipinski definition) is 2. The molecule has 0 aliphatic heterocycles. The third-order valence-corrected chi connectivity index (χ3v) is 4.31. The van der Waals surface area contributed by atoms with Crippen molar-refractivity contribution in [2.75, 3.05) is 5.32 Å². The van der Waals surface area contributed by atoms with Gasteiger partial charge < -0.3 is 10.1 Å². The predicted octanol–water partition coefficient (Wildman–Crippen LogP) is 6.09. The second-order valence-electron chi connectivity index (χ2n) is 5.97. The summed E-state index contributed by atoms with van der Waals surface area (Å²) in [6.07, 6.45) is 1.07. The standard InChI is InChI=1S/C22H22ClNO/c1-2-17-6-10-21(11-7-17)24-15-18-8-12-22(13-9-18)25-16-19-4-3-5-20(23)14-19/h3-14,24H,2,15-16H2,1H3. The molecule has 0 aromatic heterocycles. The molecule has 0 bridgehead atoms. The van der Waals surface area contributed by atoms with Gasteiger partial charge in [-0.3, -0.25) is 0 Å². The van der Waals surface area contributed by atoms with Gasteiger partial charge >= 0.3 is 0 Å². The first-order valence-corrected chi connectivity index (χ1v) is 8.90. The molecule has 0 saturated carbocycles. The van der Waals surface area contributed by atoms with Crippen LogP contribution in [-0.4, -0.2) is 0 Å². The van der Waals surface area contributed by atoms with Crippen LogP contribution in [-0.2, 0) is 19.6 Å². The van der Waals surface area contributed by atoms with Crippen LogP contribution in [0.25, 0.3) is 0 Å². The fourth-order valence-corrected chi connectivity index (χ4v) is 2.77. The second-order valence-corrected chi connectivity index (χ2v) is 6.40. The number of hydrogen-bond donors (Lipinski definition) is 1. The number of halogens is 1. The van der Waals surface area contributed by atoms with Gasteiger partial charge in [0, 0.05) is 17.3 Å². The first-order valence-electron chi connectivity index (χ1n) is 8.52. The maximum absolute atomic E-state index is 5.99. The Morgan fingerprint density at radius 3 is 2.24 bits per heavy atom. The van der Waals surface area contributed by atoms with Crippen LogP contribution in [0.3, 0.4) is 0 Å². The summed E-state index contributed by atoms with van der Waals surface area (Å²) in [7, 11) is 0. The molecule has 2 nitrogen and oxygen atoms in total. The van der Waals surface area contributed by atoms with E-state index in [2.05, 4.69) is 48.6 Å². The van der Waals surface area contributed by atoms with Gasteiger partial charge in [-0.25, -0.2) is 0 Å². The molecule has 3 aromatic rings. The van der Waals surface area contributed by atoms with Crippen molar-refractivity contribution in [1.82, 2.24) is 0 Å². The van der Waals surface area contributed by atoms with Gasteiger partial charge in [-0.05, 0) is 59.5 Å². The van der Waals surface area contributed by atoms with E-state index in [-0.39, 0.29) is 0 Å². The summed E-state index contributed by atoms with van der Waals surface area (Å²) < 4.78 is 5.81. The van der Waals surface area contributed by atoms with Crippen molar-refractivity contribution < 1.29 is 4.74 Å². The van der Waals surface area contributed by atoms with Crippen LogP contribution >= 0.6 is 11.6 Å². The van der Waals surface area contributed by atoms with E-state index in [9.17, 15) is 0 Å². The van der Waals surface area contributed by atoms with Crippen molar-refractivity contribution in [3.63, 3.8) is 0 Å². The first-order chi connectivity index (χ1) is 12.2. The highest BCUT2D eigenvalue weighted by atomic mass is 35.5. The highest BCUT2D eigenvalue weighted by molar-refractivity contribution is 6.30. The summed E-state index contributed by atoms with van der Waals surface area (Å²) >= 11 is 5.99. The zero-order valence-electron chi connectivity index (χ0n) is 14.3. The van der Waals surface area contributed by atoms with Crippen LogP contribution in [0.1, 0.15) is 23.6 Å². The van der Waals surface area contributed by atoms with Gasteiger partial charge in [0.2, 0.25) is 0 Å². The van der Waals surface area contributed by atoms with Crippen molar-refractivity contribution in [1.29, 1.82) is 0 Å². The average Bonchev–Trinajstić information content (AvgIpc) is 2.66. The Morgan fingerprint density at radius 1 is 0.840 bits per heavy atom. The lowest BCUT2D eigenvalue weighted by Crippen LogP contribution is -2.00. The van der Waals surface area contributed by atoms with Crippen LogP contribution in [0.5, 0.6) is 5.75 Å². The predicted molar refractivity (Wildman–Crippen MR) is 105 cm³/mol. The Bertz CT molecular complexity index is 797. The zero-order chi connectivity index (χ0) is 17.5. The highest BCUT2D eigenvalue weighted by Crippen LogP contribution is 2.17. The topological polar surface area (TPSA) is 21.3 Å². The minimum absolute atomic E-state index is 0.516. The summed E-state index contributed by atoms with van der Waals surface area (Å²) in [5.74, 6) is 0.857. The molecular weight excluding hydrogens is 330 g/mol. The van der Waals surface area contributed by atoms with E-state index in [4.69, 9.17) is 16.3 Å². The van der Waals surface area contributed by atoms with Gasteiger partial charge in [0.1, 0.15) is 12.4 Å². The quantitative estimate of drug-likeness (QED) is 0.555. The second kappa shape index (κ2) is 8.59. The zero-order valence-corrected chi connectivity index (χ0v) is 15.1. The van der Waals surface area contributed by atoms with Crippen molar-refractivity contribution in [3.05, 3.63) is 94.5 Å². The number of nitrogens with one attached hydrogen (secondary N) is 1. The van der Waals surface area contributed by atoms with Crippen LogP contribution in [0.15, 0.2) is 72.8 Å². The number of rotatable bonds is 7. The smallest absolute Gasteiger partial charge is 0.119 e. The molecule has 25 heavy (non-hydrogen) atoms. The molecule has 0 aliphatic carbocycles. The minimum atomic E-state index is 0.516. The number of benzene rings is 3. The lowest BCUT2D eigenvalue weighted by Gasteiger charge is -2.09. The van der Waals surface area contributed by atoms with Gasteiger partial charge in [-0.1, -0.05) is 54.9 Å². The number of aryl methyl sites for hydroxylation is 1. The van der Waals surface area contributed by atoms with E-state index in [1.54, 1.807) is 0 Å². The lowest BCUT2D eigenvalue weighted by atomic mass is 10.1. The molecule has 0 spiro atoms. The van der Waals surface area contributed by atoms with Crippen LogP contribution in [0.4, 0.5) is 5.69 Å². The van der Waals surface area contributed by atoms with E-state index in [0.717, 1.165) is 35.0 Å². The van der Waals surface area contributed by atoms with E-state index < -0.39 is 0 Å². The van der Waals surface area contributed by atoms with E-state index in [1.165, 1.54) is 11.1 Å². The van der Waals surface area contributed by atoms with E-state index in [1.807, 2.05) is 36.4 Å². The van der Waals surface area contributed by atoms with Crippen LogP contribution in [0.2, 0.25) is 5.02 Å². The van der Waals surface area contributed by atoms with Gasteiger partial charge in [0.15, 0.2) is 0 Å². The minimum Gasteiger partial charge on any atom is -0.489 e. The molecule has 3 rings (SSSR count). The third-order valence-electron chi connectivity index (χ3n) is 4.08. The van der Waals surface area contributed by atoms with Gasteiger partial charge in [0.05, 0.1) is 0 Å². The van der Waals surface area contributed by atoms with E-state index >= 15 is 0 Å². The molecule has 0 unspecified atom stereocenters. The normalized spacial score (nSPS) is 10.5. The first kappa shape index (κ1) is 17.4. The van der Waals surface area contributed by atoms with Crippen LogP contribution in [0, 0.1) is 0 Å². The number of anilines is 1. The van der Waals surface area contributed by atoms with Gasteiger partial charge in [-0.15, -0.1) is 0 Å². The van der Waals surface area contributed by atoms with Crippen molar-refractivity contribution in [2.45, 2.75) is 26.5 Å². The van der Waals surface area contributed by atoms with Crippen molar-refractivity contribution in [2.24, 2.45) is 0 Å². The molecule has 3 heteroatoms. The lowest BCUT2D eigenvalue weighted by molar-refractivity contribution is 0.306. The molecular formula is C22H22ClNO. The SMILES string of the molecule is CCc1ccc(NCc2ccc(OCc3cccc(Cl)c3)cc2)cc1. The van der Waals surface area contributed by atoms with Crippen molar-refractivity contribution in [3.8, 4) is 5.75 Å². The molecule has 0 saturated heterocycles. The molecule has 128 valence electrons. The summed E-state index contributed by atoms with van der Waals surface area (Å²) in [5.41, 5.74) is 4.77. The molecule has 0 fully saturated rings. The third kappa shape index (κ3) is 5.27. The Balaban J connectivity index is 1.51. The Hall–Kier alpha value is -2.45. The molecule has 0 amide bonds. The summed E-state index contributed by atoms with van der Waals surface area (Å²) in [6.45, 7) is 3.47. The Kier molecular flexibility index (Phi) is 5.97. The molecule has 0 aliphatic rings. The molecule has 0 radical (unpaired) electrons. The number of ether oxygens (including phenoxy) is 1. The molecule has 1 N–H and O–H groups in total. The maximum atomic E-state index is 5.99. The summed E-state index contributed by atoms with van der Waals surface area (Å²) in [4.78, 5) is 0. The van der Waals surface area contributed by atoms with Gasteiger partial charge in [-0.2, -0.15) is 0 Å². The maximum Gasteiger partial charge on any atom is 0.119 e. The Labute approximate surface area is 154 Å². The van der Waals surface area contributed by atoms with Crippen molar-refractivity contribution >= 4 is 17.3 Å².